The topological polar surface area (TPSA) is 49.2 Å². The van der Waals surface area contributed by atoms with Crippen molar-refractivity contribution in [2.24, 2.45) is 0 Å². The van der Waals surface area contributed by atoms with Gasteiger partial charge in [-0.3, -0.25) is 4.98 Å². The molecule has 2 aromatic heterocycles. The molecule has 8 rings (SSSR count). The van der Waals surface area contributed by atoms with E-state index in [1.54, 1.807) is 0 Å². The van der Waals surface area contributed by atoms with E-state index in [1.165, 1.54) is 0 Å². The van der Waals surface area contributed by atoms with Gasteiger partial charge in [0, 0.05) is 28.8 Å². The maximum Gasteiger partial charge on any atom is 0.138 e. The lowest BCUT2D eigenvalue weighted by Crippen LogP contribution is -2.38. The van der Waals surface area contributed by atoms with Gasteiger partial charge in [0.15, 0.2) is 0 Å². The van der Waals surface area contributed by atoms with Gasteiger partial charge in [0.1, 0.15) is 17.0 Å². The number of aromatic nitrogens is 3. The molecule has 0 N–H and O–H groups in total. The van der Waals surface area contributed by atoms with Crippen molar-refractivity contribution in [3.8, 4) is 17.0 Å². The van der Waals surface area contributed by atoms with Crippen molar-refractivity contribution >= 4 is 10.9 Å². The van der Waals surface area contributed by atoms with E-state index in [2.05, 4.69) is 140 Å². The summed E-state index contributed by atoms with van der Waals surface area (Å²) in [5.41, 5.74) is 6.83. The number of benzene rings is 4. The summed E-state index contributed by atoms with van der Waals surface area (Å²) in [7, 11) is 0. The van der Waals surface area contributed by atoms with Crippen molar-refractivity contribution in [1.29, 1.82) is 0 Å². The van der Waals surface area contributed by atoms with Gasteiger partial charge in [-0.2, -0.15) is 5.10 Å². The molecule has 2 atom stereocenters. The summed E-state index contributed by atoms with van der Waals surface area (Å²) in [4.78, 5) is 4.91. The summed E-state index contributed by atoms with van der Waals surface area (Å²) >= 11 is 0. The third-order valence-electron chi connectivity index (χ3n) is 9.68. The van der Waals surface area contributed by atoms with Gasteiger partial charge in [-0.15, -0.1) is 0 Å². The maximum absolute atomic E-state index is 6.25. The molecule has 2 fully saturated rings. The molecule has 2 unspecified atom stereocenters. The monoisotopic (exact) mass is 605 g/mol. The average Bonchev–Trinajstić information content (AvgIpc) is 3.65. The summed E-state index contributed by atoms with van der Waals surface area (Å²) in [6.07, 6.45) is 7.12. The molecule has 0 radical (unpaired) electrons. The molecule has 46 heavy (non-hydrogen) atoms. The van der Waals surface area contributed by atoms with Crippen LogP contribution in [0.4, 0.5) is 0 Å². The zero-order valence-electron chi connectivity index (χ0n) is 26.4. The van der Waals surface area contributed by atoms with Gasteiger partial charge < -0.3 is 9.47 Å². The quantitative estimate of drug-likeness (QED) is 0.162. The lowest BCUT2D eigenvalue weighted by Gasteiger charge is -2.37. The smallest absolute Gasteiger partial charge is 0.138 e. The molecule has 0 spiro atoms. The SMILES string of the molecule is CC(C)Oc1ccc2c(c1)c(-c1ccnc(C3CC4CCC(C3)O4)c1)nn2C(c1ccccc1)(c1ccccc1)c1ccccc1. The zero-order chi connectivity index (χ0) is 31.1. The highest BCUT2D eigenvalue weighted by atomic mass is 16.5. The molecule has 230 valence electrons. The van der Waals surface area contributed by atoms with Crippen LogP contribution in [0.5, 0.6) is 5.75 Å². The number of hydrogen-bond donors (Lipinski definition) is 0. The maximum atomic E-state index is 6.25. The van der Waals surface area contributed by atoms with Gasteiger partial charge in [0.05, 0.1) is 23.8 Å². The Morgan fingerprint density at radius 1 is 0.739 bits per heavy atom. The number of ether oxygens (including phenoxy) is 2. The van der Waals surface area contributed by atoms with E-state index in [0.29, 0.717) is 18.1 Å². The van der Waals surface area contributed by atoms with Crippen LogP contribution >= 0.6 is 0 Å². The van der Waals surface area contributed by atoms with Crippen LogP contribution in [0.2, 0.25) is 0 Å². The van der Waals surface area contributed by atoms with Crippen LogP contribution in [-0.2, 0) is 10.3 Å². The highest BCUT2D eigenvalue weighted by Gasteiger charge is 2.41. The molecular weight excluding hydrogens is 566 g/mol. The molecule has 2 aliphatic heterocycles. The third-order valence-corrected chi connectivity index (χ3v) is 9.68. The van der Waals surface area contributed by atoms with E-state index in [9.17, 15) is 0 Å². The molecule has 2 aliphatic rings. The highest BCUT2D eigenvalue weighted by Crippen LogP contribution is 2.45. The van der Waals surface area contributed by atoms with E-state index in [0.717, 1.165) is 76.0 Å². The van der Waals surface area contributed by atoms with Crippen LogP contribution in [0.1, 0.15) is 67.8 Å². The van der Waals surface area contributed by atoms with Crippen molar-refractivity contribution < 1.29 is 9.47 Å². The first-order valence-electron chi connectivity index (χ1n) is 16.6. The van der Waals surface area contributed by atoms with Crippen LogP contribution in [0.3, 0.4) is 0 Å². The van der Waals surface area contributed by atoms with Crippen LogP contribution in [0.25, 0.3) is 22.2 Å². The second kappa shape index (κ2) is 11.9. The van der Waals surface area contributed by atoms with E-state index < -0.39 is 5.54 Å². The minimum Gasteiger partial charge on any atom is -0.491 e. The van der Waals surface area contributed by atoms with Crippen molar-refractivity contribution in [1.82, 2.24) is 14.8 Å². The Kier molecular flexibility index (Phi) is 7.42. The molecule has 5 nitrogen and oxygen atoms in total. The average molecular weight is 606 g/mol. The van der Waals surface area contributed by atoms with Gasteiger partial charge in [0.25, 0.3) is 0 Å². The predicted molar refractivity (Wildman–Crippen MR) is 183 cm³/mol. The van der Waals surface area contributed by atoms with Crippen LogP contribution in [0.15, 0.2) is 128 Å². The molecular formula is C41H39N3O2. The number of hydrogen-bond acceptors (Lipinski definition) is 4. The number of pyridine rings is 1. The minimum absolute atomic E-state index is 0.0596. The fourth-order valence-electron chi connectivity index (χ4n) is 7.73. The van der Waals surface area contributed by atoms with E-state index in [-0.39, 0.29) is 6.10 Å². The van der Waals surface area contributed by atoms with Gasteiger partial charge in [-0.05, 0) is 86.6 Å². The Bertz CT molecular complexity index is 1840. The highest BCUT2D eigenvalue weighted by molar-refractivity contribution is 5.95. The summed E-state index contributed by atoms with van der Waals surface area (Å²) in [6, 6.07) is 43.0. The Morgan fingerprint density at radius 3 is 1.89 bits per heavy atom. The number of rotatable bonds is 8. The molecule has 4 heterocycles. The first kappa shape index (κ1) is 28.7. The second-order valence-corrected chi connectivity index (χ2v) is 13.0. The molecule has 2 saturated heterocycles. The predicted octanol–water partition coefficient (Wildman–Crippen LogP) is 9.15. The largest absolute Gasteiger partial charge is 0.491 e. The Labute approximate surface area is 270 Å². The first-order valence-corrected chi connectivity index (χ1v) is 16.6. The normalized spacial score (nSPS) is 19.5. The second-order valence-electron chi connectivity index (χ2n) is 13.0. The van der Waals surface area contributed by atoms with E-state index >= 15 is 0 Å². The lowest BCUT2D eigenvalue weighted by molar-refractivity contribution is -0.00440. The van der Waals surface area contributed by atoms with Crippen molar-refractivity contribution in [3.05, 3.63) is 150 Å². The van der Waals surface area contributed by atoms with Crippen LogP contribution in [-0.4, -0.2) is 33.1 Å². The minimum atomic E-state index is -0.740. The molecule has 5 heteroatoms. The summed E-state index contributed by atoms with van der Waals surface area (Å²) in [5, 5.41) is 6.67. The fourth-order valence-corrected chi connectivity index (χ4v) is 7.73. The standard InChI is InChI=1S/C41H39N3O2/c1-28(2)45-36-20-21-39-37(27-36)40(29-22-23-42-38(26-29)30-24-34-18-19-35(25-30)46-34)43-44(39)41(31-12-6-3-7-13-31,32-14-8-4-9-15-32)33-16-10-5-11-17-33/h3-17,20-23,26-28,30,34-35H,18-19,24-25H2,1-2H3. The molecule has 0 amide bonds. The molecule has 6 aromatic rings. The fraction of sp³-hybridized carbons (Fsp3) is 0.268. The molecule has 4 aromatic carbocycles. The Hall–Kier alpha value is -4.74. The van der Waals surface area contributed by atoms with Crippen LogP contribution in [0, 0.1) is 0 Å². The van der Waals surface area contributed by atoms with Crippen molar-refractivity contribution in [3.63, 3.8) is 0 Å². The van der Waals surface area contributed by atoms with Gasteiger partial charge in [-0.1, -0.05) is 91.0 Å². The third kappa shape index (κ3) is 5.00. The van der Waals surface area contributed by atoms with E-state index in [4.69, 9.17) is 19.6 Å². The number of fused-ring (bicyclic) bond motifs is 3. The Balaban J connectivity index is 1.40. The van der Waals surface area contributed by atoms with Gasteiger partial charge in [-0.25, -0.2) is 4.68 Å². The van der Waals surface area contributed by atoms with Gasteiger partial charge >= 0.3 is 0 Å². The van der Waals surface area contributed by atoms with E-state index in [1.807, 2.05) is 6.20 Å². The van der Waals surface area contributed by atoms with Crippen LogP contribution < -0.4 is 4.74 Å². The first-order chi connectivity index (χ1) is 22.6. The Morgan fingerprint density at radius 2 is 1.33 bits per heavy atom. The summed E-state index contributed by atoms with van der Waals surface area (Å²) < 4.78 is 14.7. The number of nitrogens with zero attached hydrogens (tertiary/aromatic N) is 3. The summed E-state index contributed by atoms with van der Waals surface area (Å²) in [5.74, 6) is 1.24. The van der Waals surface area contributed by atoms with Crippen molar-refractivity contribution in [2.75, 3.05) is 0 Å². The van der Waals surface area contributed by atoms with Gasteiger partial charge in [0.2, 0.25) is 0 Å². The molecule has 0 saturated carbocycles. The summed E-state index contributed by atoms with van der Waals surface area (Å²) in [6.45, 7) is 4.13. The zero-order valence-corrected chi connectivity index (χ0v) is 26.4. The molecule has 0 aliphatic carbocycles. The molecule has 2 bridgehead atoms. The lowest BCUT2D eigenvalue weighted by atomic mass is 9.77. The van der Waals surface area contributed by atoms with Crippen molar-refractivity contribution in [2.45, 2.75) is 69.3 Å².